The van der Waals surface area contributed by atoms with E-state index in [1.807, 2.05) is 44.2 Å². The molecule has 0 spiro atoms. The highest BCUT2D eigenvalue weighted by atomic mass is 127. The van der Waals surface area contributed by atoms with E-state index in [4.69, 9.17) is 5.73 Å². The highest BCUT2D eigenvalue weighted by molar-refractivity contribution is 14.0. The fourth-order valence-corrected chi connectivity index (χ4v) is 2.83. The molecular formula is C18H25IN6. The van der Waals surface area contributed by atoms with Gasteiger partial charge in [-0.05, 0) is 50.5 Å². The molecule has 0 unspecified atom stereocenters. The molecule has 7 heteroatoms. The van der Waals surface area contributed by atoms with E-state index in [-0.39, 0.29) is 24.0 Å². The second kappa shape index (κ2) is 8.98. The van der Waals surface area contributed by atoms with Gasteiger partial charge in [-0.2, -0.15) is 0 Å². The Morgan fingerprint density at radius 3 is 2.68 bits per heavy atom. The molecule has 1 fully saturated rings. The van der Waals surface area contributed by atoms with Gasteiger partial charge in [0, 0.05) is 24.5 Å². The van der Waals surface area contributed by atoms with Gasteiger partial charge in [0.15, 0.2) is 5.96 Å². The van der Waals surface area contributed by atoms with Crippen LogP contribution in [-0.4, -0.2) is 29.0 Å². The Morgan fingerprint density at radius 1 is 1.20 bits per heavy atom. The molecular weight excluding hydrogens is 427 g/mol. The van der Waals surface area contributed by atoms with Crippen molar-refractivity contribution < 1.29 is 0 Å². The number of nitrogens with zero attached hydrogens (tertiary/aromatic N) is 4. The number of halogens is 1. The van der Waals surface area contributed by atoms with E-state index in [2.05, 4.69) is 25.2 Å². The van der Waals surface area contributed by atoms with Gasteiger partial charge in [0.2, 0.25) is 5.95 Å². The van der Waals surface area contributed by atoms with Crippen LogP contribution in [0, 0.1) is 13.8 Å². The van der Waals surface area contributed by atoms with E-state index in [1.54, 1.807) is 0 Å². The third-order valence-electron chi connectivity index (χ3n) is 3.99. The minimum Gasteiger partial charge on any atom is -0.370 e. The number of aliphatic imine (C=N–C) groups is 1. The monoisotopic (exact) mass is 452 g/mol. The quantitative estimate of drug-likeness (QED) is 0.423. The van der Waals surface area contributed by atoms with Gasteiger partial charge in [0.25, 0.3) is 0 Å². The molecule has 0 bridgehead atoms. The largest absolute Gasteiger partial charge is 0.370 e. The second-order valence-corrected chi connectivity index (χ2v) is 6.19. The zero-order chi connectivity index (χ0) is 16.9. The lowest BCUT2D eigenvalue weighted by atomic mass is 10.2. The molecule has 1 aromatic heterocycles. The number of nitrogens with one attached hydrogen (secondary N) is 1. The first-order chi connectivity index (χ1) is 11.6. The van der Waals surface area contributed by atoms with Crippen LogP contribution >= 0.6 is 24.0 Å². The van der Waals surface area contributed by atoms with Crippen LogP contribution < -0.4 is 16.0 Å². The third-order valence-corrected chi connectivity index (χ3v) is 3.99. The Hall–Kier alpha value is -1.90. The van der Waals surface area contributed by atoms with Crippen molar-refractivity contribution in [3.63, 3.8) is 0 Å². The van der Waals surface area contributed by atoms with Crippen molar-refractivity contribution >= 4 is 41.6 Å². The van der Waals surface area contributed by atoms with Gasteiger partial charge in [0.05, 0.1) is 12.2 Å². The predicted octanol–water partition coefficient (Wildman–Crippen LogP) is 3.24. The molecule has 1 saturated heterocycles. The van der Waals surface area contributed by atoms with Crippen LogP contribution in [0.3, 0.4) is 0 Å². The lowest BCUT2D eigenvalue weighted by Gasteiger charge is -2.16. The van der Waals surface area contributed by atoms with Crippen molar-refractivity contribution in [1.82, 2.24) is 9.97 Å². The summed E-state index contributed by atoms with van der Waals surface area (Å²) in [6, 6.07) is 9.99. The summed E-state index contributed by atoms with van der Waals surface area (Å²) in [4.78, 5) is 15.8. The summed E-state index contributed by atoms with van der Waals surface area (Å²) in [5.41, 5.74) is 9.95. The van der Waals surface area contributed by atoms with E-state index in [9.17, 15) is 0 Å². The Balaban J connectivity index is 0.00000225. The molecule has 25 heavy (non-hydrogen) atoms. The summed E-state index contributed by atoms with van der Waals surface area (Å²) < 4.78 is 0. The number of hydrogen-bond acceptors (Lipinski definition) is 4. The number of benzene rings is 1. The third kappa shape index (κ3) is 5.55. The fraction of sp³-hybridized carbons (Fsp3) is 0.389. The lowest BCUT2D eigenvalue weighted by Crippen LogP contribution is -2.23. The molecule has 2 aromatic rings. The SMILES string of the molecule is Cc1cccc(NC(N)=NCc2cc(C)nc(N3CCCC3)n2)c1.I. The molecule has 3 N–H and O–H groups in total. The molecule has 1 aromatic carbocycles. The van der Waals surface area contributed by atoms with Gasteiger partial charge in [-0.15, -0.1) is 24.0 Å². The number of guanidine groups is 1. The summed E-state index contributed by atoms with van der Waals surface area (Å²) in [6.07, 6.45) is 2.41. The van der Waals surface area contributed by atoms with Crippen LogP contribution in [0.25, 0.3) is 0 Å². The van der Waals surface area contributed by atoms with E-state index in [0.717, 1.165) is 36.1 Å². The minimum absolute atomic E-state index is 0. The van der Waals surface area contributed by atoms with E-state index >= 15 is 0 Å². The van der Waals surface area contributed by atoms with Crippen LogP contribution in [0.5, 0.6) is 0 Å². The first-order valence-corrected chi connectivity index (χ1v) is 8.33. The van der Waals surface area contributed by atoms with Gasteiger partial charge < -0.3 is 16.0 Å². The molecule has 0 saturated carbocycles. The van der Waals surface area contributed by atoms with E-state index in [1.165, 1.54) is 18.4 Å². The average molecular weight is 452 g/mol. The summed E-state index contributed by atoms with van der Waals surface area (Å²) >= 11 is 0. The predicted molar refractivity (Wildman–Crippen MR) is 114 cm³/mol. The highest BCUT2D eigenvalue weighted by Gasteiger charge is 2.15. The van der Waals surface area contributed by atoms with Crippen LogP contribution in [0.1, 0.15) is 29.8 Å². The van der Waals surface area contributed by atoms with Crippen LogP contribution in [0.2, 0.25) is 0 Å². The van der Waals surface area contributed by atoms with Gasteiger partial charge in [-0.1, -0.05) is 12.1 Å². The lowest BCUT2D eigenvalue weighted by molar-refractivity contribution is 0.857. The average Bonchev–Trinajstić information content (AvgIpc) is 3.07. The van der Waals surface area contributed by atoms with Crippen molar-refractivity contribution in [3.8, 4) is 0 Å². The number of rotatable bonds is 4. The van der Waals surface area contributed by atoms with Gasteiger partial charge in [-0.25, -0.2) is 15.0 Å². The second-order valence-electron chi connectivity index (χ2n) is 6.19. The van der Waals surface area contributed by atoms with Crippen molar-refractivity contribution in [2.24, 2.45) is 10.7 Å². The molecule has 3 rings (SSSR count). The van der Waals surface area contributed by atoms with Crippen LogP contribution in [-0.2, 0) is 6.54 Å². The highest BCUT2D eigenvalue weighted by Crippen LogP contribution is 2.17. The molecule has 0 radical (unpaired) electrons. The number of hydrogen-bond donors (Lipinski definition) is 2. The Morgan fingerprint density at radius 2 is 1.96 bits per heavy atom. The summed E-state index contributed by atoms with van der Waals surface area (Å²) in [6.45, 7) is 6.53. The molecule has 6 nitrogen and oxygen atoms in total. The maximum atomic E-state index is 5.99. The normalized spacial score (nSPS) is 14.3. The minimum atomic E-state index is 0. The molecule has 0 atom stereocenters. The number of anilines is 2. The van der Waals surface area contributed by atoms with Crippen LogP contribution in [0.4, 0.5) is 11.6 Å². The number of aryl methyl sites for hydroxylation is 2. The van der Waals surface area contributed by atoms with Gasteiger partial charge in [0.1, 0.15) is 0 Å². The summed E-state index contributed by atoms with van der Waals surface area (Å²) in [5.74, 6) is 1.20. The summed E-state index contributed by atoms with van der Waals surface area (Å²) in [7, 11) is 0. The van der Waals surface area contributed by atoms with E-state index < -0.39 is 0 Å². The smallest absolute Gasteiger partial charge is 0.225 e. The van der Waals surface area contributed by atoms with Crippen molar-refractivity contribution in [2.75, 3.05) is 23.3 Å². The maximum absolute atomic E-state index is 5.99. The molecule has 0 amide bonds. The Kier molecular flexibility index (Phi) is 6.98. The Labute approximate surface area is 166 Å². The van der Waals surface area contributed by atoms with Crippen molar-refractivity contribution in [1.29, 1.82) is 0 Å². The fourth-order valence-electron chi connectivity index (χ4n) is 2.83. The van der Waals surface area contributed by atoms with Crippen molar-refractivity contribution in [3.05, 3.63) is 47.3 Å². The van der Waals surface area contributed by atoms with Crippen LogP contribution in [0.15, 0.2) is 35.3 Å². The first kappa shape index (κ1) is 19.4. The standard InChI is InChI=1S/C18H24N6.HI/c1-13-6-5-7-15(10-13)22-17(19)20-12-16-11-14(2)21-18(23-16)24-8-3-4-9-24;/h5-7,10-11H,3-4,8-9,12H2,1-2H3,(H3,19,20,22);1H. The molecule has 2 heterocycles. The number of nitrogens with two attached hydrogens (primary N) is 1. The summed E-state index contributed by atoms with van der Waals surface area (Å²) in [5, 5.41) is 3.11. The van der Waals surface area contributed by atoms with Gasteiger partial charge in [-0.3, -0.25) is 0 Å². The van der Waals surface area contributed by atoms with E-state index in [0.29, 0.717) is 12.5 Å². The molecule has 1 aliphatic heterocycles. The molecule has 1 aliphatic rings. The zero-order valence-corrected chi connectivity index (χ0v) is 17.0. The zero-order valence-electron chi connectivity index (χ0n) is 14.7. The maximum Gasteiger partial charge on any atom is 0.225 e. The molecule has 134 valence electrons. The molecule has 0 aliphatic carbocycles. The van der Waals surface area contributed by atoms with Gasteiger partial charge >= 0.3 is 0 Å². The topological polar surface area (TPSA) is 79.4 Å². The van der Waals surface area contributed by atoms with Crippen molar-refractivity contribution in [2.45, 2.75) is 33.2 Å². The first-order valence-electron chi connectivity index (χ1n) is 8.33. The number of aromatic nitrogens is 2. The Bertz CT molecular complexity index is 740.